The lowest BCUT2D eigenvalue weighted by Gasteiger charge is -2.11. The summed E-state index contributed by atoms with van der Waals surface area (Å²) in [6.07, 6.45) is 0.369. The van der Waals surface area contributed by atoms with Gasteiger partial charge in [0.1, 0.15) is 17.5 Å². The Kier molecular flexibility index (Phi) is 3.95. The number of hydrogen-bond acceptors (Lipinski definition) is 4. The molecule has 0 radical (unpaired) electrons. The van der Waals surface area contributed by atoms with Crippen LogP contribution in [0.4, 0.5) is 10.1 Å². The van der Waals surface area contributed by atoms with E-state index in [2.05, 4.69) is 15.0 Å². The highest BCUT2D eigenvalue weighted by molar-refractivity contribution is 6.20. The zero-order valence-electron chi connectivity index (χ0n) is 10.7. The van der Waals surface area contributed by atoms with E-state index in [-0.39, 0.29) is 5.69 Å². The summed E-state index contributed by atoms with van der Waals surface area (Å²) in [5, 5.41) is -0.468. The van der Waals surface area contributed by atoms with Gasteiger partial charge in [-0.15, -0.1) is 11.6 Å². The van der Waals surface area contributed by atoms with Gasteiger partial charge in [-0.1, -0.05) is 12.1 Å². The number of alkyl halides is 1. The standard InChI is InChI=1S/C13H14ClFN4/c1-7-17-8(2)19-13(18-7)10(14)6-9-4-3-5-11(15)12(9)16/h3-5,10H,6,16H2,1-2H3. The molecule has 4 nitrogen and oxygen atoms in total. The van der Waals surface area contributed by atoms with Crippen LogP contribution in [0.15, 0.2) is 18.2 Å². The second-order valence-corrected chi connectivity index (χ2v) is 4.80. The monoisotopic (exact) mass is 280 g/mol. The molecule has 1 aromatic carbocycles. The third-order valence-corrected chi connectivity index (χ3v) is 3.05. The van der Waals surface area contributed by atoms with Gasteiger partial charge >= 0.3 is 0 Å². The zero-order valence-corrected chi connectivity index (χ0v) is 11.4. The Balaban J connectivity index is 2.25. The summed E-state index contributed by atoms with van der Waals surface area (Å²) >= 11 is 6.28. The van der Waals surface area contributed by atoms with Crippen LogP contribution >= 0.6 is 11.6 Å². The second kappa shape index (κ2) is 5.48. The molecule has 0 amide bonds. The highest BCUT2D eigenvalue weighted by Gasteiger charge is 2.16. The van der Waals surface area contributed by atoms with Gasteiger partial charge in [0.05, 0.1) is 11.1 Å². The highest BCUT2D eigenvalue weighted by Crippen LogP contribution is 2.26. The molecule has 0 spiro atoms. The summed E-state index contributed by atoms with van der Waals surface area (Å²) in [6, 6.07) is 4.67. The molecular formula is C13H14ClFN4. The molecular weight excluding hydrogens is 267 g/mol. The largest absolute Gasteiger partial charge is 0.396 e. The van der Waals surface area contributed by atoms with Gasteiger partial charge in [0.15, 0.2) is 5.82 Å². The number of nitrogens with zero attached hydrogens (tertiary/aromatic N) is 3. The van der Waals surface area contributed by atoms with E-state index < -0.39 is 11.2 Å². The zero-order chi connectivity index (χ0) is 14.0. The Morgan fingerprint density at radius 3 is 2.47 bits per heavy atom. The summed E-state index contributed by atoms with van der Waals surface area (Å²) in [6.45, 7) is 3.55. The number of para-hydroxylation sites is 1. The summed E-state index contributed by atoms with van der Waals surface area (Å²) in [4.78, 5) is 12.5. The average Bonchev–Trinajstić information content (AvgIpc) is 2.33. The molecule has 0 saturated heterocycles. The first kappa shape index (κ1) is 13.7. The molecule has 2 aromatic rings. The van der Waals surface area contributed by atoms with Crippen molar-refractivity contribution in [1.82, 2.24) is 15.0 Å². The van der Waals surface area contributed by atoms with Crippen molar-refractivity contribution in [2.75, 3.05) is 5.73 Å². The maximum absolute atomic E-state index is 13.4. The van der Waals surface area contributed by atoms with Gasteiger partial charge in [0.2, 0.25) is 0 Å². The number of hydrogen-bond donors (Lipinski definition) is 1. The number of aromatic nitrogens is 3. The van der Waals surface area contributed by atoms with Crippen LogP contribution in [0, 0.1) is 19.7 Å². The lowest BCUT2D eigenvalue weighted by Crippen LogP contribution is -2.08. The molecule has 1 aromatic heterocycles. The van der Waals surface area contributed by atoms with Crippen LogP contribution < -0.4 is 5.73 Å². The quantitative estimate of drug-likeness (QED) is 0.693. The van der Waals surface area contributed by atoms with E-state index in [9.17, 15) is 4.39 Å². The van der Waals surface area contributed by atoms with Crippen molar-refractivity contribution < 1.29 is 4.39 Å². The third-order valence-electron chi connectivity index (χ3n) is 2.70. The molecule has 2 N–H and O–H groups in total. The third kappa shape index (κ3) is 3.17. The van der Waals surface area contributed by atoms with Crippen molar-refractivity contribution in [2.24, 2.45) is 0 Å². The van der Waals surface area contributed by atoms with Crippen LogP contribution in [-0.2, 0) is 6.42 Å². The number of nitrogens with two attached hydrogens (primary N) is 1. The molecule has 100 valence electrons. The minimum atomic E-state index is -0.468. The molecule has 0 saturated carbocycles. The van der Waals surface area contributed by atoms with Gasteiger partial charge in [-0.25, -0.2) is 19.3 Å². The molecule has 2 rings (SSSR count). The van der Waals surface area contributed by atoms with Gasteiger partial charge < -0.3 is 5.73 Å². The number of nitrogen functional groups attached to an aromatic ring is 1. The highest BCUT2D eigenvalue weighted by atomic mass is 35.5. The van der Waals surface area contributed by atoms with Crippen molar-refractivity contribution in [3.8, 4) is 0 Å². The lowest BCUT2D eigenvalue weighted by molar-refractivity contribution is 0.629. The lowest BCUT2D eigenvalue weighted by atomic mass is 10.1. The maximum Gasteiger partial charge on any atom is 0.150 e. The van der Waals surface area contributed by atoms with Crippen molar-refractivity contribution in [3.63, 3.8) is 0 Å². The Morgan fingerprint density at radius 2 is 1.84 bits per heavy atom. The molecule has 1 heterocycles. The number of anilines is 1. The predicted octanol–water partition coefficient (Wildman–Crippen LogP) is 2.73. The van der Waals surface area contributed by atoms with E-state index in [4.69, 9.17) is 17.3 Å². The number of rotatable bonds is 3. The summed E-state index contributed by atoms with van der Waals surface area (Å²) in [7, 11) is 0. The normalized spacial score (nSPS) is 12.4. The van der Waals surface area contributed by atoms with Gasteiger partial charge in [-0.05, 0) is 31.9 Å². The number of benzene rings is 1. The fraction of sp³-hybridized carbons (Fsp3) is 0.308. The Bertz CT molecular complexity index is 583. The smallest absolute Gasteiger partial charge is 0.150 e. The summed E-state index contributed by atoms with van der Waals surface area (Å²) in [5.41, 5.74) is 6.45. The first-order valence-electron chi connectivity index (χ1n) is 5.83. The van der Waals surface area contributed by atoms with Gasteiger partial charge in [-0.3, -0.25) is 0 Å². The molecule has 1 atom stereocenters. The first-order chi connectivity index (χ1) is 8.97. The fourth-order valence-corrected chi connectivity index (χ4v) is 2.09. The Hall–Kier alpha value is -1.75. The Morgan fingerprint density at radius 1 is 1.21 bits per heavy atom. The fourth-order valence-electron chi connectivity index (χ4n) is 1.82. The molecule has 0 fully saturated rings. The van der Waals surface area contributed by atoms with E-state index in [1.165, 1.54) is 6.07 Å². The van der Waals surface area contributed by atoms with Crippen LogP contribution in [-0.4, -0.2) is 15.0 Å². The van der Waals surface area contributed by atoms with E-state index in [1.807, 2.05) is 0 Å². The van der Waals surface area contributed by atoms with E-state index in [0.717, 1.165) is 0 Å². The molecule has 0 aliphatic carbocycles. The molecule has 0 bridgehead atoms. The molecule has 0 aliphatic heterocycles. The van der Waals surface area contributed by atoms with Crippen LogP contribution in [0.1, 0.15) is 28.4 Å². The van der Waals surface area contributed by atoms with Crippen molar-refractivity contribution in [2.45, 2.75) is 25.6 Å². The SMILES string of the molecule is Cc1nc(C)nc(C(Cl)Cc2cccc(F)c2N)n1. The van der Waals surface area contributed by atoms with Crippen LogP contribution in [0.25, 0.3) is 0 Å². The van der Waals surface area contributed by atoms with E-state index in [0.29, 0.717) is 29.5 Å². The van der Waals surface area contributed by atoms with Crippen LogP contribution in [0.5, 0.6) is 0 Å². The van der Waals surface area contributed by atoms with E-state index in [1.54, 1.807) is 26.0 Å². The van der Waals surface area contributed by atoms with Crippen LogP contribution in [0.3, 0.4) is 0 Å². The summed E-state index contributed by atoms with van der Waals surface area (Å²) in [5.74, 6) is 1.26. The maximum atomic E-state index is 13.4. The first-order valence-corrected chi connectivity index (χ1v) is 6.27. The summed E-state index contributed by atoms with van der Waals surface area (Å²) < 4.78 is 13.4. The second-order valence-electron chi connectivity index (χ2n) is 4.27. The molecule has 1 unspecified atom stereocenters. The topological polar surface area (TPSA) is 64.7 Å². The average molecular weight is 281 g/mol. The molecule has 6 heteroatoms. The number of aryl methyl sites for hydroxylation is 2. The van der Waals surface area contributed by atoms with Crippen molar-refractivity contribution in [3.05, 3.63) is 47.1 Å². The molecule has 19 heavy (non-hydrogen) atoms. The number of halogens is 2. The minimum absolute atomic E-state index is 0.121. The van der Waals surface area contributed by atoms with Gasteiger partial charge in [-0.2, -0.15) is 0 Å². The minimum Gasteiger partial charge on any atom is -0.396 e. The van der Waals surface area contributed by atoms with Crippen molar-refractivity contribution >= 4 is 17.3 Å². The van der Waals surface area contributed by atoms with E-state index >= 15 is 0 Å². The van der Waals surface area contributed by atoms with Crippen LogP contribution in [0.2, 0.25) is 0 Å². The van der Waals surface area contributed by atoms with Gasteiger partial charge in [0.25, 0.3) is 0 Å². The molecule has 0 aliphatic rings. The Labute approximate surface area is 115 Å². The van der Waals surface area contributed by atoms with Gasteiger partial charge in [0, 0.05) is 0 Å². The predicted molar refractivity (Wildman–Crippen MR) is 72.4 cm³/mol. The van der Waals surface area contributed by atoms with Crippen molar-refractivity contribution in [1.29, 1.82) is 0 Å².